The summed E-state index contributed by atoms with van der Waals surface area (Å²) in [4.78, 5) is 41.6. The van der Waals surface area contributed by atoms with Crippen molar-refractivity contribution >= 4 is 23.3 Å². The molecule has 0 spiro atoms. The van der Waals surface area contributed by atoms with E-state index in [0.29, 0.717) is 24.3 Å². The summed E-state index contributed by atoms with van der Waals surface area (Å²) < 4.78 is 2.80. The van der Waals surface area contributed by atoms with E-state index in [4.69, 9.17) is 0 Å². The number of hydrogen-bond donors (Lipinski definition) is 1. The molecule has 0 radical (unpaired) electrons. The second-order valence-corrected chi connectivity index (χ2v) is 9.33. The van der Waals surface area contributed by atoms with Gasteiger partial charge in [-0.2, -0.15) is 5.10 Å². The topological polar surface area (TPSA) is 92.5 Å². The molecular weight excluding hydrogens is 480 g/mol. The van der Waals surface area contributed by atoms with Crippen LogP contribution in [0.4, 0.5) is 16.2 Å². The molecule has 2 heterocycles. The summed E-state index contributed by atoms with van der Waals surface area (Å²) in [5, 5.41) is 6.66. The van der Waals surface area contributed by atoms with Crippen molar-refractivity contribution in [2.45, 2.75) is 20.3 Å². The number of benzene rings is 3. The van der Waals surface area contributed by atoms with Crippen LogP contribution in [-0.4, -0.2) is 46.4 Å². The highest BCUT2D eigenvalue weighted by Gasteiger charge is 2.32. The Morgan fingerprint density at radius 2 is 1.71 bits per heavy atom. The van der Waals surface area contributed by atoms with Crippen LogP contribution in [0.5, 0.6) is 0 Å². The average molecular weight is 511 g/mol. The number of rotatable bonds is 6. The summed E-state index contributed by atoms with van der Waals surface area (Å²) in [7, 11) is 3.21. The number of nitrogens with one attached hydrogen (secondary N) is 1. The molecule has 38 heavy (non-hydrogen) atoms. The Labute approximate surface area is 220 Å². The molecule has 4 aromatic rings. The second-order valence-electron chi connectivity index (χ2n) is 9.33. The van der Waals surface area contributed by atoms with Gasteiger partial charge in [-0.3, -0.25) is 14.6 Å². The largest absolute Gasteiger partial charge is 0.355 e. The highest BCUT2D eigenvalue weighted by Crippen LogP contribution is 2.36. The summed E-state index contributed by atoms with van der Waals surface area (Å²) in [5.74, 6) is -0.189. The summed E-state index contributed by atoms with van der Waals surface area (Å²) >= 11 is 0. The number of carbonyl (C=O) groups excluding carboxylic acids is 2. The van der Waals surface area contributed by atoms with E-state index >= 15 is 0 Å². The Balaban J connectivity index is 1.49. The van der Waals surface area contributed by atoms with E-state index in [1.807, 2.05) is 42.2 Å². The van der Waals surface area contributed by atoms with Crippen molar-refractivity contribution in [3.63, 3.8) is 0 Å². The predicted octanol–water partition coefficient (Wildman–Crippen LogP) is 3.92. The lowest BCUT2D eigenvalue weighted by Crippen LogP contribution is -2.32. The van der Waals surface area contributed by atoms with Gasteiger partial charge in [0.25, 0.3) is 5.91 Å². The summed E-state index contributed by atoms with van der Waals surface area (Å²) in [6, 6.07) is 19.0. The number of urea groups is 1. The van der Waals surface area contributed by atoms with Crippen LogP contribution in [0.25, 0.3) is 16.8 Å². The van der Waals surface area contributed by atoms with E-state index < -0.39 is 0 Å². The molecule has 1 aromatic heterocycles. The van der Waals surface area contributed by atoms with E-state index in [9.17, 15) is 14.4 Å². The van der Waals surface area contributed by atoms with E-state index in [1.165, 1.54) is 15.6 Å². The lowest BCUT2D eigenvalue weighted by molar-refractivity contribution is 0.0963. The first-order chi connectivity index (χ1) is 18.3. The van der Waals surface area contributed by atoms with Gasteiger partial charge in [-0.1, -0.05) is 31.2 Å². The van der Waals surface area contributed by atoms with Gasteiger partial charge in [-0.25, -0.2) is 18.8 Å². The zero-order chi connectivity index (χ0) is 27.0. The molecule has 0 atom stereocenters. The van der Waals surface area contributed by atoms with E-state index in [-0.39, 0.29) is 17.6 Å². The van der Waals surface area contributed by atoms with Gasteiger partial charge in [0.1, 0.15) is 6.33 Å². The summed E-state index contributed by atoms with van der Waals surface area (Å²) in [6.07, 6.45) is 2.25. The molecule has 1 N–H and O–H groups in total. The highest BCUT2D eigenvalue weighted by molar-refractivity contribution is 6.07. The van der Waals surface area contributed by atoms with Crippen LogP contribution in [0.1, 0.15) is 28.4 Å². The van der Waals surface area contributed by atoms with Crippen molar-refractivity contribution in [2.24, 2.45) is 7.05 Å². The fourth-order valence-electron chi connectivity index (χ4n) is 4.99. The Morgan fingerprint density at radius 1 is 0.974 bits per heavy atom. The van der Waals surface area contributed by atoms with Gasteiger partial charge in [0.15, 0.2) is 0 Å². The minimum Gasteiger partial charge on any atom is -0.355 e. The van der Waals surface area contributed by atoms with Gasteiger partial charge in [-0.05, 0) is 72.0 Å². The molecule has 3 aromatic carbocycles. The number of hydrogen-bond acceptors (Lipinski definition) is 4. The molecule has 9 nitrogen and oxygen atoms in total. The first-order valence-electron chi connectivity index (χ1n) is 12.6. The fourth-order valence-corrected chi connectivity index (χ4v) is 4.99. The number of aromatic nitrogens is 3. The fraction of sp³-hybridized carbons (Fsp3) is 0.241. The van der Waals surface area contributed by atoms with Crippen LogP contribution in [0, 0.1) is 6.92 Å². The number of carbonyl (C=O) groups is 2. The minimum atomic E-state index is -0.206. The lowest BCUT2D eigenvalue weighted by Gasteiger charge is -2.24. The maximum Gasteiger partial charge on any atom is 0.350 e. The number of nitrogens with zero attached hydrogens (tertiary/aromatic N) is 5. The Morgan fingerprint density at radius 3 is 2.37 bits per heavy atom. The van der Waals surface area contributed by atoms with Gasteiger partial charge in [0.05, 0.1) is 5.69 Å². The molecule has 9 heteroatoms. The molecule has 0 saturated carbocycles. The first kappa shape index (κ1) is 25.0. The molecule has 5 rings (SSSR count). The van der Waals surface area contributed by atoms with Gasteiger partial charge in [-0.15, -0.1) is 0 Å². The van der Waals surface area contributed by atoms with Crippen molar-refractivity contribution in [3.05, 3.63) is 94.2 Å². The minimum absolute atomic E-state index is 0.114. The third-order valence-corrected chi connectivity index (χ3v) is 6.95. The van der Waals surface area contributed by atoms with Crippen molar-refractivity contribution in [3.8, 4) is 16.8 Å². The first-order valence-corrected chi connectivity index (χ1v) is 12.6. The van der Waals surface area contributed by atoms with Crippen LogP contribution in [0.2, 0.25) is 0 Å². The highest BCUT2D eigenvalue weighted by atomic mass is 16.2. The SMILES string of the molecule is CCc1c(-c2ccc(-n3cnn(C)c3=O)cc2)cc(C)cc1N1CCN(c2cccc(C(=O)NC)c2)C1=O. The average Bonchev–Trinajstić information content (AvgIpc) is 3.49. The van der Waals surface area contributed by atoms with E-state index in [2.05, 4.69) is 29.5 Å². The number of aryl methyl sites for hydroxylation is 2. The van der Waals surface area contributed by atoms with Gasteiger partial charge in [0, 0.05) is 44.1 Å². The molecule has 194 valence electrons. The molecule has 1 fully saturated rings. The standard InChI is InChI=1S/C29H30N6O3/c1-5-24-25(20-9-11-22(12-10-20)35-18-31-32(4)28(35)37)15-19(2)16-26(24)34-14-13-33(29(34)38)23-8-6-7-21(17-23)27(36)30-3/h6-12,15-18H,5,13-14H2,1-4H3,(H,30,36). The van der Waals surface area contributed by atoms with Crippen molar-refractivity contribution in [1.82, 2.24) is 19.7 Å². The van der Waals surface area contributed by atoms with Crippen molar-refractivity contribution < 1.29 is 9.59 Å². The monoisotopic (exact) mass is 510 g/mol. The van der Waals surface area contributed by atoms with E-state index in [0.717, 1.165) is 40.0 Å². The number of anilines is 2. The van der Waals surface area contributed by atoms with Crippen LogP contribution >= 0.6 is 0 Å². The molecule has 0 aliphatic carbocycles. The second kappa shape index (κ2) is 10.0. The molecular formula is C29H30N6O3. The molecule has 0 bridgehead atoms. The lowest BCUT2D eigenvalue weighted by atomic mass is 9.93. The van der Waals surface area contributed by atoms with Crippen LogP contribution in [0.15, 0.2) is 71.8 Å². The third-order valence-electron chi connectivity index (χ3n) is 6.95. The van der Waals surface area contributed by atoms with E-state index in [1.54, 1.807) is 37.2 Å². The van der Waals surface area contributed by atoms with Gasteiger partial charge < -0.3 is 5.32 Å². The van der Waals surface area contributed by atoms with Crippen LogP contribution < -0.4 is 20.8 Å². The molecule has 1 aliphatic rings. The zero-order valence-electron chi connectivity index (χ0n) is 21.9. The maximum atomic E-state index is 13.6. The summed E-state index contributed by atoms with van der Waals surface area (Å²) in [6.45, 7) is 5.19. The third kappa shape index (κ3) is 4.36. The molecule has 3 amide bonds. The molecule has 1 saturated heterocycles. The van der Waals surface area contributed by atoms with Gasteiger partial charge in [0.2, 0.25) is 0 Å². The number of amides is 3. The Bertz CT molecular complexity index is 1580. The predicted molar refractivity (Wildman–Crippen MR) is 148 cm³/mol. The Kier molecular flexibility index (Phi) is 6.59. The quantitative estimate of drug-likeness (QED) is 0.426. The van der Waals surface area contributed by atoms with Crippen molar-refractivity contribution in [2.75, 3.05) is 29.9 Å². The summed E-state index contributed by atoms with van der Waals surface area (Å²) in [5.41, 5.74) is 6.83. The maximum absolute atomic E-state index is 13.6. The zero-order valence-corrected chi connectivity index (χ0v) is 21.9. The molecule has 0 unspecified atom stereocenters. The normalized spacial score (nSPS) is 13.3. The Hall–Kier alpha value is -4.66. The van der Waals surface area contributed by atoms with Crippen molar-refractivity contribution in [1.29, 1.82) is 0 Å². The smallest absolute Gasteiger partial charge is 0.350 e. The van der Waals surface area contributed by atoms with Crippen LogP contribution in [0.3, 0.4) is 0 Å². The van der Waals surface area contributed by atoms with Gasteiger partial charge >= 0.3 is 11.7 Å². The van der Waals surface area contributed by atoms with Crippen LogP contribution in [-0.2, 0) is 13.5 Å². The molecule has 1 aliphatic heterocycles.